The third-order valence-corrected chi connectivity index (χ3v) is 2.80. The van der Waals surface area contributed by atoms with Crippen molar-refractivity contribution in [1.82, 2.24) is 0 Å². The van der Waals surface area contributed by atoms with Crippen LogP contribution in [0.5, 0.6) is 5.75 Å². The normalized spacial score (nSPS) is 24.0. The summed E-state index contributed by atoms with van der Waals surface area (Å²) in [4.78, 5) is 0. The van der Waals surface area contributed by atoms with Gasteiger partial charge in [0, 0.05) is 6.42 Å². The van der Waals surface area contributed by atoms with E-state index in [0.717, 1.165) is 12.2 Å². The van der Waals surface area contributed by atoms with Crippen molar-refractivity contribution >= 4 is 0 Å². The molecule has 2 atom stereocenters. The fraction of sp³-hybridized carbons (Fsp3) is 0.417. The van der Waals surface area contributed by atoms with Crippen LogP contribution in [0.15, 0.2) is 24.3 Å². The van der Waals surface area contributed by atoms with E-state index in [1.165, 1.54) is 5.56 Å². The Labute approximate surface area is 84.1 Å². The molecule has 1 aliphatic carbocycles. The van der Waals surface area contributed by atoms with Gasteiger partial charge in [0.25, 0.3) is 0 Å². The summed E-state index contributed by atoms with van der Waals surface area (Å²) in [6.07, 6.45) is 1.84. The highest BCUT2D eigenvalue weighted by Crippen LogP contribution is 2.49. The minimum atomic E-state index is 0.576. The van der Waals surface area contributed by atoms with E-state index >= 15 is 0 Å². The van der Waals surface area contributed by atoms with Gasteiger partial charge in [0.05, 0.1) is 13.2 Å². The quantitative estimate of drug-likeness (QED) is 0.728. The van der Waals surface area contributed by atoms with Gasteiger partial charge in [-0.25, -0.2) is 0 Å². The summed E-state index contributed by atoms with van der Waals surface area (Å²) < 4.78 is 5.16. The first-order valence-electron chi connectivity index (χ1n) is 4.86. The molecule has 0 radical (unpaired) electrons. The van der Waals surface area contributed by atoms with Crippen LogP contribution in [0.3, 0.4) is 0 Å². The highest BCUT2D eigenvalue weighted by Gasteiger charge is 2.37. The third-order valence-electron chi connectivity index (χ3n) is 2.80. The van der Waals surface area contributed by atoms with Crippen molar-refractivity contribution in [2.24, 2.45) is 5.92 Å². The second-order valence-corrected chi connectivity index (χ2v) is 3.74. The fourth-order valence-corrected chi connectivity index (χ4v) is 1.87. The zero-order valence-corrected chi connectivity index (χ0v) is 8.23. The van der Waals surface area contributed by atoms with Crippen LogP contribution in [0, 0.1) is 17.2 Å². The van der Waals surface area contributed by atoms with Gasteiger partial charge in [-0.1, -0.05) is 12.1 Å². The largest absolute Gasteiger partial charge is 0.497 e. The topological polar surface area (TPSA) is 33.0 Å². The van der Waals surface area contributed by atoms with Crippen molar-refractivity contribution in [1.29, 1.82) is 5.26 Å². The summed E-state index contributed by atoms with van der Waals surface area (Å²) in [5.41, 5.74) is 1.31. The number of rotatable bonds is 3. The average Bonchev–Trinajstić information content (AvgIpc) is 2.98. The van der Waals surface area contributed by atoms with Crippen LogP contribution in [0.2, 0.25) is 0 Å². The molecule has 0 bridgehead atoms. The highest BCUT2D eigenvalue weighted by atomic mass is 16.5. The smallest absolute Gasteiger partial charge is 0.119 e. The lowest BCUT2D eigenvalue weighted by atomic mass is 10.1. The molecule has 14 heavy (non-hydrogen) atoms. The maximum Gasteiger partial charge on any atom is 0.119 e. The molecule has 1 saturated carbocycles. The van der Waals surface area contributed by atoms with Gasteiger partial charge < -0.3 is 4.74 Å². The Morgan fingerprint density at radius 2 is 2.43 bits per heavy atom. The molecule has 1 fully saturated rings. The van der Waals surface area contributed by atoms with Gasteiger partial charge in [0.2, 0.25) is 0 Å². The van der Waals surface area contributed by atoms with E-state index < -0.39 is 0 Å². The summed E-state index contributed by atoms with van der Waals surface area (Å²) in [5, 5.41) is 8.57. The molecule has 1 aliphatic rings. The molecule has 2 unspecified atom stereocenters. The molecule has 72 valence electrons. The molecule has 0 amide bonds. The molecule has 1 aromatic carbocycles. The van der Waals surface area contributed by atoms with Crippen LogP contribution in [0.4, 0.5) is 0 Å². The molecular weight excluding hydrogens is 174 g/mol. The van der Waals surface area contributed by atoms with Crippen LogP contribution in [0.1, 0.15) is 24.3 Å². The Morgan fingerprint density at radius 3 is 3.14 bits per heavy atom. The second kappa shape index (κ2) is 3.71. The molecule has 2 heteroatoms. The van der Waals surface area contributed by atoms with E-state index in [1.807, 2.05) is 12.1 Å². The van der Waals surface area contributed by atoms with Gasteiger partial charge in [-0.15, -0.1) is 0 Å². The molecule has 0 saturated heterocycles. The Kier molecular flexibility index (Phi) is 2.41. The minimum Gasteiger partial charge on any atom is -0.497 e. The van der Waals surface area contributed by atoms with Gasteiger partial charge >= 0.3 is 0 Å². The molecular formula is C12H13NO. The summed E-state index contributed by atoms with van der Waals surface area (Å²) in [5.74, 6) is 2.07. The predicted molar refractivity (Wildman–Crippen MR) is 54.1 cm³/mol. The van der Waals surface area contributed by atoms with E-state index in [1.54, 1.807) is 7.11 Å². The number of hydrogen-bond acceptors (Lipinski definition) is 2. The molecule has 0 N–H and O–H groups in total. The minimum absolute atomic E-state index is 0.576. The maximum absolute atomic E-state index is 8.57. The number of hydrogen-bond donors (Lipinski definition) is 0. The number of nitrogens with zero attached hydrogens (tertiary/aromatic N) is 1. The van der Waals surface area contributed by atoms with Crippen molar-refractivity contribution in [3.8, 4) is 11.8 Å². The molecule has 0 heterocycles. The van der Waals surface area contributed by atoms with E-state index in [9.17, 15) is 0 Å². The zero-order valence-electron chi connectivity index (χ0n) is 8.23. The first-order chi connectivity index (χ1) is 6.85. The Balaban J connectivity index is 2.08. The summed E-state index contributed by atoms with van der Waals surface area (Å²) >= 11 is 0. The molecule has 2 nitrogen and oxygen atoms in total. The first-order valence-corrected chi connectivity index (χ1v) is 4.86. The summed E-state index contributed by atoms with van der Waals surface area (Å²) in [6.45, 7) is 0. The van der Waals surface area contributed by atoms with E-state index in [4.69, 9.17) is 10.00 Å². The number of ether oxygens (including phenoxy) is 1. The Hall–Kier alpha value is -1.49. The average molecular weight is 187 g/mol. The molecule has 0 aliphatic heterocycles. The van der Waals surface area contributed by atoms with E-state index in [0.29, 0.717) is 18.3 Å². The third kappa shape index (κ3) is 1.72. The highest BCUT2D eigenvalue weighted by molar-refractivity contribution is 5.34. The van der Waals surface area contributed by atoms with Crippen molar-refractivity contribution in [2.75, 3.05) is 7.11 Å². The van der Waals surface area contributed by atoms with Crippen LogP contribution >= 0.6 is 0 Å². The van der Waals surface area contributed by atoms with Crippen LogP contribution < -0.4 is 4.74 Å². The summed E-state index contributed by atoms with van der Waals surface area (Å²) in [6, 6.07) is 10.4. The second-order valence-electron chi connectivity index (χ2n) is 3.74. The molecule has 0 aromatic heterocycles. The zero-order chi connectivity index (χ0) is 9.97. The van der Waals surface area contributed by atoms with Crippen molar-refractivity contribution in [2.45, 2.75) is 18.8 Å². The SMILES string of the molecule is COc1cccc(C2CC2CC#N)c1. The van der Waals surface area contributed by atoms with Crippen molar-refractivity contribution in [3.63, 3.8) is 0 Å². The number of methoxy groups -OCH3 is 1. The lowest BCUT2D eigenvalue weighted by Crippen LogP contribution is -1.86. The van der Waals surface area contributed by atoms with Gasteiger partial charge in [-0.3, -0.25) is 0 Å². The van der Waals surface area contributed by atoms with Crippen molar-refractivity contribution < 1.29 is 4.74 Å². The van der Waals surface area contributed by atoms with E-state index in [2.05, 4.69) is 18.2 Å². The Bertz CT molecular complexity index is 367. The predicted octanol–water partition coefficient (Wildman–Crippen LogP) is 2.71. The summed E-state index contributed by atoms with van der Waals surface area (Å²) in [7, 11) is 1.68. The van der Waals surface area contributed by atoms with Crippen molar-refractivity contribution in [3.05, 3.63) is 29.8 Å². The molecule has 1 aromatic rings. The van der Waals surface area contributed by atoms with Gasteiger partial charge in [-0.05, 0) is 36.0 Å². The van der Waals surface area contributed by atoms with E-state index in [-0.39, 0.29) is 0 Å². The first kappa shape index (κ1) is 9.08. The number of benzene rings is 1. The van der Waals surface area contributed by atoms with Gasteiger partial charge in [0.15, 0.2) is 0 Å². The molecule has 0 spiro atoms. The standard InChI is InChI=1S/C12H13NO/c1-14-11-4-2-3-9(7-11)12-8-10(12)5-6-13/h2-4,7,10,12H,5,8H2,1H3. The van der Waals surface area contributed by atoms with Gasteiger partial charge in [0.1, 0.15) is 5.75 Å². The van der Waals surface area contributed by atoms with Crippen LogP contribution in [-0.2, 0) is 0 Å². The van der Waals surface area contributed by atoms with Crippen LogP contribution in [0.25, 0.3) is 0 Å². The number of nitriles is 1. The Morgan fingerprint density at radius 1 is 1.57 bits per heavy atom. The lowest BCUT2D eigenvalue weighted by molar-refractivity contribution is 0.414. The fourth-order valence-electron chi connectivity index (χ4n) is 1.87. The monoisotopic (exact) mass is 187 g/mol. The van der Waals surface area contributed by atoms with Crippen LogP contribution in [-0.4, -0.2) is 7.11 Å². The molecule has 2 rings (SSSR count). The maximum atomic E-state index is 8.57. The lowest BCUT2D eigenvalue weighted by Gasteiger charge is -2.02. The van der Waals surface area contributed by atoms with Gasteiger partial charge in [-0.2, -0.15) is 5.26 Å².